The Morgan fingerprint density at radius 3 is 1.89 bits per heavy atom. The maximum absolute atomic E-state index is 13.2. The van der Waals surface area contributed by atoms with E-state index >= 15 is 0 Å². The number of hydrogen-bond donors (Lipinski definition) is 1. The molecule has 176 valence electrons. The molecule has 0 unspecified atom stereocenters. The van der Waals surface area contributed by atoms with Crippen LogP contribution in [0.3, 0.4) is 0 Å². The molecule has 0 bridgehead atoms. The lowest BCUT2D eigenvalue weighted by Gasteiger charge is -2.24. The quantitative estimate of drug-likeness (QED) is 0.237. The zero-order valence-electron chi connectivity index (χ0n) is 21.0. The molecule has 0 aliphatic carbocycles. The van der Waals surface area contributed by atoms with Crippen molar-refractivity contribution >= 4 is 33.5 Å². The molecule has 1 aliphatic rings. The Morgan fingerprint density at radius 1 is 0.771 bits per heavy atom. The van der Waals surface area contributed by atoms with Crippen molar-refractivity contribution in [2.45, 2.75) is 33.3 Å². The maximum Gasteiger partial charge on any atom is 0.339 e. The number of para-hydroxylation sites is 2. The molecule has 5 aromatic rings. The van der Waals surface area contributed by atoms with Gasteiger partial charge < -0.3 is 19.6 Å². The van der Waals surface area contributed by atoms with Crippen LogP contribution < -0.4 is 5.73 Å². The van der Waals surface area contributed by atoms with Crippen LogP contribution in [0, 0.1) is 13.8 Å². The van der Waals surface area contributed by atoms with E-state index in [4.69, 9.17) is 10.5 Å². The van der Waals surface area contributed by atoms with Gasteiger partial charge >= 0.3 is 5.97 Å². The zero-order valence-corrected chi connectivity index (χ0v) is 21.0. The van der Waals surface area contributed by atoms with Gasteiger partial charge in [0, 0.05) is 80.8 Å². The molecular weight excluding hydrogens is 434 g/mol. The van der Waals surface area contributed by atoms with Crippen molar-refractivity contribution in [1.82, 2.24) is 9.13 Å². The monoisotopic (exact) mass is 463 g/mol. The van der Waals surface area contributed by atoms with E-state index in [1.54, 1.807) is 0 Å². The molecule has 2 aromatic heterocycles. The third-order valence-corrected chi connectivity index (χ3v) is 7.86. The van der Waals surface area contributed by atoms with Crippen LogP contribution in [0.15, 0.2) is 54.6 Å². The molecule has 0 saturated carbocycles. The van der Waals surface area contributed by atoms with Crippen molar-refractivity contribution in [3.63, 3.8) is 0 Å². The predicted octanol–water partition coefficient (Wildman–Crippen LogP) is 6.61. The number of benzene rings is 3. The SMILES string of the molecule is Cc1c(-c2cc3c(c(-c4c(C)n(C)c5ccccc45)c2N)C(C)(C)OC3=O)c2ccccc2n1C. The van der Waals surface area contributed by atoms with Gasteiger partial charge in [0.25, 0.3) is 0 Å². The Kier molecular flexibility index (Phi) is 4.32. The number of fused-ring (bicyclic) bond motifs is 3. The second kappa shape index (κ2) is 7.01. The van der Waals surface area contributed by atoms with E-state index in [2.05, 4.69) is 61.3 Å². The first-order valence-electron chi connectivity index (χ1n) is 11.9. The Balaban J connectivity index is 1.82. The van der Waals surface area contributed by atoms with Gasteiger partial charge in [-0.3, -0.25) is 0 Å². The molecule has 0 spiro atoms. The molecule has 3 aromatic carbocycles. The van der Waals surface area contributed by atoms with Crippen molar-refractivity contribution in [3.05, 3.63) is 77.1 Å². The number of carbonyl (C=O) groups excluding carboxylic acids is 1. The number of nitrogens with zero attached hydrogens (tertiary/aromatic N) is 2. The fraction of sp³-hybridized carbons (Fsp3) is 0.233. The van der Waals surface area contributed by atoms with Crippen molar-refractivity contribution in [3.8, 4) is 22.3 Å². The summed E-state index contributed by atoms with van der Waals surface area (Å²) in [6, 6.07) is 18.6. The summed E-state index contributed by atoms with van der Waals surface area (Å²) in [4.78, 5) is 13.2. The summed E-state index contributed by atoms with van der Waals surface area (Å²) in [5.41, 5.74) is 16.8. The lowest BCUT2D eigenvalue weighted by molar-refractivity contribution is 0.00971. The van der Waals surface area contributed by atoms with E-state index < -0.39 is 5.60 Å². The minimum Gasteiger partial charge on any atom is -0.451 e. The fourth-order valence-electron chi connectivity index (χ4n) is 5.99. The number of carbonyl (C=O) groups is 1. The number of aromatic nitrogens is 2. The highest BCUT2D eigenvalue weighted by atomic mass is 16.6. The smallest absolute Gasteiger partial charge is 0.339 e. The normalized spacial score (nSPS) is 14.6. The molecule has 1 aliphatic heterocycles. The van der Waals surface area contributed by atoms with Gasteiger partial charge in [0.1, 0.15) is 5.60 Å². The minimum atomic E-state index is -0.786. The van der Waals surface area contributed by atoms with Gasteiger partial charge in [-0.15, -0.1) is 0 Å². The highest BCUT2D eigenvalue weighted by Crippen LogP contribution is 2.52. The number of hydrogen-bond acceptors (Lipinski definition) is 3. The highest BCUT2D eigenvalue weighted by Gasteiger charge is 2.43. The summed E-state index contributed by atoms with van der Waals surface area (Å²) < 4.78 is 10.3. The van der Waals surface area contributed by atoms with Gasteiger partial charge in [-0.2, -0.15) is 0 Å². The van der Waals surface area contributed by atoms with Crippen LogP contribution in [0.4, 0.5) is 5.69 Å². The average Bonchev–Trinajstić information content (AvgIpc) is 3.33. The number of nitrogens with two attached hydrogens (primary N) is 1. The third-order valence-electron chi connectivity index (χ3n) is 7.86. The molecule has 0 radical (unpaired) electrons. The lowest BCUT2D eigenvalue weighted by Crippen LogP contribution is -2.18. The van der Waals surface area contributed by atoms with Gasteiger partial charge in [-0.05, 0) is 45.9 Å². The molecule has 3 heterocycles. The third kappa shape index (κ3) is 2.72. The van der Waals surface area contributed by atoms with Gasteiger partial charge in [-0.25, -0.2) is 4.79 Å². The van der Waals surface area contributed by atoms with Crippen LogP contribution >= 0.6 is 0 Å². The maximum atomic E-state index is 13.2. The standard InChI is InChI=1S/C30H29N3O2/c1-16-24(18-11-7-9-13-22(18)32(16)5)20-15-21-27(30(3,4)35-29(21)34)26(28(20)31)25-17(2)33(6)23-14-10-8-12-19(23)25/h7-15H,31H2,1-6H3. The largest absolute Gasteiger partial charge is 0.451 e. The second-order valence-corrected chi connectivity index (χ2v) is 10.1. The first-order chi connectivity index (χ1) is 16.6. The van der Waals surface area contributed by atoms with E-state index in [1.165, 1.54) is 0 Å². The summed E-state index contributed by atoms with van der Waals surface area (Å²) in [5, 5.41) is 2.23. The van der Waals surface area contributed by atoms with Crippen LogP contribution in [-0.4, -0.2) is 15.1 Å². The van der Waals surface area contributed by atoms with E-state index in [9.17, 15) is 4.79 Å². The predicted molar refractivity (Wildman–Crippen MR) is 143 cm³/mol. The first-order valence-corrected chi connectivity index (χ1v) is 11.9. The Labute approximate surface area is 204 Å². The molecule has 35 heavy (non-hydrogen) atoms. The number of aryl methyl sites for hydroxylation is 2. The lowest BCUT2D eigenvalue weighted by atomic mass is 9.82. The molecule has 5 nitrogen and oxygen atoms in total. The van der Waals surface area contributed by atoms with E-state index in [-0.39, 0.29) is 5.97 Å². The molecule has 2 N–H and O–H groups in total. The molecule has 0 fully saturated rings. The van der Waals surface area contributed by atoms with E-state index in [0.717, 1.165) is 61.0 Å². The number of rotatable bonds is 2. The highest BCUT2D eigenvalue weighted by molar-refractivity contribution is 6.12. The topological polar surface area (TPSA) is 62.2 Å². The Morgan fingerprint density at radius 2 is 1.29 bits per heavy atom. The fourth-order valence-corrected chi connectivity index (χ4v) is 5.99. The van der Waals surface area contributed by atoms with Crippen LogP contribution in [0.25, 0.3) is 44.1 Å². The molecular formula is C30H29N3O2. The van der Waals surface area contributed by atoms with Crippen molar-refractivity contribution in [1.29, 1.82) is 0 Å². The van der Waals surface area contributed by atoms with Gasteiger partial charge in [-0.1, -0.05) is 36.4 Å². The van der Waals surface area contributed by atoms with E-state index in [1.807, 2.05) is 44.2 Å². The summed E-state index contributed by atoms with van der Waals surface area (Å²) in [6.07, 6.45) is 0. The molecule has 0 amide bonds. The summed E-state index contributed by atoms with van der Waals surface area (Å²) >= 11 is 0. The second-order valence-electron chi connectivity index (χ2n) is 10.1. The van der Waals surface area contributed by atoms with Gasteiger partial charge in [0.2, 0.25) is 0 Å². The van der Waals surface area contributed by atoms with Crippen molar-refractivity contribution < 1.29 is 9.53 Å². The van der Waals surface area contributed by atoms with Crippen molar-refractivity contribution in [2.24, 2.45) is 14.1 Å². The van der Waals surface area contributed by atoms with Crippen LogP contribution in [0.1, 0.15) is 41.2 Å². The zero-order chi connectivity index (χ0) is 24.8. The molecule has 0 atom stereocenters. The van der Waals surface area contributed by atoms with Crippen LogP contribution in [0.2, 0.25) is 0 Å². The summed E-state index contributed by atoms with van der Waals surface area (Å²) in [6.45, 7) is 8.11. The van der Waals surface area contributed by atoms with Gasteiger partial charge in [0.05, 0.1) is 5.56 Å². The average molecular weight is 464 g/mol. The van der Waals surface area contributed by atoms with Crippen molar-refractivity contribution in [2.75, 3.05) is 5.73 Å². The number of anilines is 1. The number of nitrogen functional groups attached to an aromatic ring is 1. The Bertz CT molecular complexity index is 1720. The summed E-state index contributed by atoms with van der Waals surface area (Å²) in [5.74, 6) is -0.303. The number of cyclic esters (lactones) is 1. The Hall–Kier alpha value is -3.99. The molecule has 0 saturated heterocycles. The van der Waals surface area contributed by atoms with E-state index in [0.29, 0.717) is 11.3 Å². The number of esters is 1. The molecule has 5 heteroatoms. The van der Waals surface area contributed by atoms with Gasteiger partial charge in [0.15, 0.2) is 0 Å². The first kappa shape index (κ1) is 21.5. The van der Waals surface area contributed by atoms with Crippen LogP contribution in [-0.2, 0) is 24.4 Å². The number of ether oxygens (including phenoxy) is 1. The summed E-state index contributed by atoms with van der Waals surface area (Å²) in [7, 11) is 4.14. The molecule has 6 rings (SSSR count). The minimum absolute atomic E-state index is 0.303. The van der Waals surface area contributed by atoms with Crippen LogP contribution in [0.5, 0.6) is 0 Å².